The summed E-state index contributed by atoms with van der Waals surface area (Å²) in [5.74, 6) is -4.10. The van der Waals surface area contributed by atoms with Crippen molar-refractivity contribution in [2.45, 2.75) is 45.8 Å². The summed E-state index contributed by atoms with van der Waals surface area (Å²) in [4.78, 5) is 38.5. The molecule has 1 aromatic heterocycles. The topological polar surface area (TPSA) is 105 Å². The zero-order chi connectivity index (χ0) is 22.3. The minimum absolute atomic E-state index is 0.196. The maximum atomic E-state index is 13.1. The minimum atomic E-state index is -1.28. The molecule has 0 radical (unpaired) electrons. The van der Waals surface area contributed by atoms with E-state index in [1.807, 2.05) is 38.1 Å². The number of aryl methyl sites for hydroxylation is 2. The lowest BCUT2D eigenvalue weighted by Gasteiger charge is -2.27. The van der Waals surface area contributed by atoms with E-state index in [4.69, 9.17) is 9.47 Å². The first kappa shape index (κ1) is 21.5. The van der Waals surface area contributed by atoms with Gasteiger partial charge in [0.2, 0.25) is 5.91 Å². The third-order valence-electron chi connectivity index (χ3n) is 5.99. The Morgan fingerprint density at radius 2 is 1.77 bits per heavy atom. The predicted molar refractivity (Wildman–Crippen MR) is 114 cm³/mol. The number of benzene rings is 1. The average molecular weight is 443 g/mol. The van der Waals surface area contributed by atoms with Gasteiger partial charge in [-0.25, -0.2) is 4.79 Å². The van der Waals surface area contributed by atoms with Crippen LogP contribution in [0.1, 0.15) is 40.6 Å². The van der Waals surface area contributed by atoms with Crippen molar-refractivity contribution in [1.82, 2.24) is 0 Å². The van der Waals surface area contributed by atoms with E-state index in [0.717, 1.165) is 16.0 Å². The van der Waals surface area contributed by atoms with Crippen molar-refractivity contribution in [2.75, 3.05) is 11.9 Å². The van der Waals surface area contributed by atoms with E-state index in [0.29, 0.717) is 23.4 Å². The van der Waals surface area contributed by atoms with Crippen molar-refractivity contribution in [3.63, 3.8) is 0 Å². The number of rotatable bonds is 6. The molecule has 0 spiro atoms. The molecule has 2 aliphatic heterocycles. The fourth-order valence-corrected chi connectivity index (χ4v) is 5.67. The Morgan fingerprint density at radius 1 is 1.13 bits per heavy atom. The van der Waals surface area contributed by atoms with Crippen LogP contribution in [0.15, 0.2) is 24.3 Å². The number of fused-ring (bicyclic) bond motifs is 2. The van der Waals surface area contributed by atoms with Crippen molar-refractivity contribution in [1.29, 1.82) is 0 Å². The number of anilines is 1. The highest BCUT2D eigenvalue weighted by Crippen LogP contribution is 2.45. The number of carboxylic acid groups (broad SMARTS) is 1. The number of aliphatic carboxylic acids is 1. The van der Waals surface area contributed by atoms with Crippen molar-refractivity contribution < 1.29 is 29.0 Å². The van der Waals surface area contributed by atoms with E-state index < -0.39 is 41.9 Å². The third-order valence-corrected chi connectivity index (χ3v) is 7.01. The van der Waals surface area contributed by atoms with Crippen LogP contribution in [-0.4, -0.2) is 36.7 Å². The number of nitrogens with one attached hydrogen (secondary N) is 1. The van der Waals surface area contributed by atoms with Gasteiger partial charge in [-0.05, 0) is 39.2 Å². The molecule has 2 bridgehead atoms. The normalized spacial score (nSPS) is 24.2. The van der Waals surface area contributed by atoms with Gasteiger partial charge in [0.1, 0.15) is 10.6 Å². The molecule has 164 valence electrons. The number of carbonyl (C=O) groups is 3. The molecule has 31 heavy (non-hydrogen) atoms. The van der Waals surface area contributed by atoms with Crippen LogP contribution in [0.25, 0.3) is 11.1 Å². The molecule has 2 fully saturated rings. The van der Waals surface area contributed by atoms with E-state index >= 15 is 0 Å². The van der Waals surface area contributed by atoms with Gasteiger partial charge in [-0.3, -0.25) is 4.79 Å². The number of carboxylic acids is 1. The monoisotopic (exact) mass is 442 g/mol. The van der Waals surface area contributed by atoms with Crippen molar-refractivity contribution in [3.05, 3.63) is 40.3 Å². The lowest BCUT2D eigenvalue weighted by molar-refractivity contribution is -0.313. The smallest absolute Gasteiger partial charge is 0.341 e. The van der Waals surface area contributed by atoms with Crippen LogP contribution >= 0.6 is 11.3 Å². The van der Waals surface area contributed by atoms with Gasteiger partial charge in [0, 0.05) is 22.3 Å². The van der Waals surface area contributed by atoms with E-state index in [9.17, 15) is 19.5 Å². The molecule has 2 aliphatic rings. The number of esters is 1. The Labute approximate surface area is 184 Å². The van der Waals surface area contributed by atoms with Crippen LogP contribution in [-0.2, 0) is 19.1 Å². The highest BCUT2D eigenvalue weighted by atomic mass is 32.1. The Morgan fingerprint density at radius 3 is 2.39 bits per heavy atom. The zero-order valence-electron chi connectivity index (χ0n) is 17.6. The van der Waals surface area contributed by atoms with Gasteiger partial charge in [-0.15, -0.1) is 11.3 Å². The van der Waals surface area contributed by atoms with E-state index in [1.165, 1.54) is 11.3 Å². The second-order valence-corrected chi connectivity index (χ2v) is 9.20. The number of amides is 1. The molecule has 1 amide bonds. The molecule has 1 N–H and O–H groups in total. The summed E-state index contributed by atoms with van der Waals surface area (Å²) in [6.07, 6.45) is 0.298. The highest BCUT2D eigenvalue weighted by Gasteiger charge is 2.53. The number of thiophene rings is 1. The predicted octanol–water partition coefficient (Wildman–Crippen LogP) is 2.69. The highest BCUT2D eigenvalue weighted by molar-refractivity contribution is 7.17. The molecule has 4 atom stereocenters. The summed E-state index contributed by atoms with van der Waals surface area (Å²) in [5.41, 5.74) is 2.93. The maximum Gasteiger partial charge on any atom is 0.341 e. The molecule has 7 nitrogen and oxygen atoms in total. The average Bonchev–Trinajstić information content (AvgIpc) is 3.41. The molecular formula is C23H24NO6S-. The number of ether oxygens (including phenoxy) is 2. The standard InChI is InChI=1S/C23H25NO6S/c1-4-29-23(28)19-16(13-7-5-11(2)6-8-13)12(3)31-21(19)24-20(25)17-14-9-10-15(30-14)18(17)22(26)27/h5-8,14-15,17-18H,4,9-10H2,1-3H3,(H,24,25)(H,26,27)/p-1/t14-,15+,17+,18+/m1/s1. The largest absolute Gasteiger partial charge is 0.550 e. The van der Waals surface area contributed by atoms with Gasteiger partial charge in [-0.1, -0.05) is 29.8 Å². The SMILES string of the molecule is CCOC(=O)c1c(NC(=O)[C@@H]2[C@@H](C(=O)[O-])[C@@H]3CC[C@H]2O3)sc(C)c1-c1ccc(C)cc1. The van der Waals surface area contributed by atoms with Crippen molar-refractivity contribution in [2.24, 2.45) is 11.8 Å². The maximum absolute atomic E-state index is 13.1. The first-order chi connectivity index (χ1) is 14.8. The molecule has 4 rings (SSSR count). The first-order valence-electron chi connectivity index (χ1n) is 10.4. The lowest BCUT2D eigenvalue weighted by Crippen LogP contribution is -2.46. The molecule has 2 saturated heterocycles. The quantitative estimate of drug-likeness (QED) is 0.690. The molecule has 1 aromatic carbocycles. The Balaban J connectivity index is 1.70. The Bertz CT molecular complexity index is 1030. The second kappa shape index (κ2) is 8.43. The lowest BCUT2D eigenvalue weighted by atomic mass is 9.78. The van der Waals surface area contributed by atoms with E-state index in [-0.39, 0.29) is 12.2 Å². The minimum Gasteiger partial charge on any atom is -0.550 e. The molecule has 3 heterocycles. The summed E-state index contributed by atoms with van der Waals surface area (Å²) in [5, 5.41) is 14.8. The fourth-order valence-electron chi connectivity index (χ4n) is 4.60. The summed E-state index contributed by atoms with van der Waals surface area (Å²) in [6.45, 7) is 5.77. The summed E-state index contributed by atoms with van der Waals surface area (Å²) >= 11 is 1.27. The van der Waals surface area contributed by atoms with Gasteiger partial charge in [0.05, 0.1) is 24.7 Å². The van der Waals surface area contributed by atoms with Crippen LogP contribution in [0, 0.1) is 25.7 Å². The fraction of sp³-hybridized carbons (Fsp3) is 0.435. The third kappa shape index (κ3) is 3.85. The summed E-state index contributed by atoms with van der Waals surface area (Å²) in [6, 6.07) is 7.76. The van der Waals surface area contributed by atoms with Gasteiger partial charge in [-0.2, -0.15) is 0 Å². The van der Waals surface area contributed by atoms with Crippen LogP contribution in [0.4, 0.5) is 5.00 Å². The molecule has 8 heteroatoms. The first-order valence-corrected chi connectivity index (χ1v) is 11.2. The molecule has 0 saturated carbocycles. The molecule has 2 aromatic rings. The van der Waals surface area contributed by atoms with Crippen LogP contribution in [0.2, 0.25) is 0 Å². The number of hydrogen-bond acceptors (Lipinski definition) is 7. The Kier molecular flexibility index (Phi) is 5.85. The van der Waals surface area contributed by atoms with Crippen LogP contribution in [0.3, 0.4) is 0 Å². The summed E-state index contributed by atoms with van der Waals surface area (Å²) in [7, 11) is 0. The number of carbonyl (C=O) groups excluding carboxylic acids is 3. The van der Waals surface area contributed by atoms with Gasteiger partial charge < -0.3 is 24.7 Å². The second-order valence-electron chi connectivity index (χ2n) is 7.97. The van der Waals surface area contributed by atoms with Gasteiger partial charge in [0.15, 0.2) is 0 Å². The van der Waals surface area contributed by atoms with Crippen LogP contribution in [0.5, 0.6) is 0 Å². The number of hydrogen-bond donors (Lipinski definition) is 1. The van der Waals surface area contributed by atoms with Gasteiger partial charge >= 0.3 is 5.97 Å². The Hall–Kier alpha value is -2.71. The van der Waals surface area contributed by atoms with Gasteiger partial charge in [0.25, 0.3) is 0 Å². The zero-order valence-corrected chi connectivity index (χ0v) is 18.4. The van der Waals surface area contributed by atoms with E-state index in [2.05, 4.69) is 5.32 Å². The van der Waals surface area contributed by atoms with Crippen molar-refractivity contribution in [3.8, 4) is 11.1 Å². The molecule has 0 unspecified atom stereocenters. The molecular weight excluding hydrogens is 418 g/mol. The molecule has 0 aliphatic carbocycles. The van der Waals surface area contributed by atoms with Crippen LogP contribution < -0.4 is 10.4 Å². The summed E-state index contributed by atoms with van der Waals surface area (Å²) < 4.78 is 10.9. The van der Waals surface area contributed by atoms with Crippen molar-refractivity contribution >= 4 is 34.2 Å². The van der Waals surface area contributed by atoms with E-state index in [1.54, 1.807) is 6.92 Å².